The Bertz CT molecular complexity index is 2120. The van der Waals surface area contributed by atoms with Crippen LogP contribution in [0.5, 0.6) is 0 Å². The summed E-state index contributed by atoms with van der Waals surface area (Å²) < 4.78 is 0. The quantitative estimate of drug-likeness (QED) is 0.0549. The van der Waals surface area contributed by atoms with Gasteiger partial charge in [-0.3, -0.25) is 9.97 Å². The van der Waals surface area contributed by atoms with E-state index in [4.69, 9.17) is 0 Å². The molecule has 1 aliphatic carbocycles. The van der Waals surface area contributed by atoms with Crippen molar-refractivity contribution in [3.8, 4) is 22.3 Å². The number of rotatable bonds is 25. The zero-order valence-electron chi connectivity index (χ0n) is 38.8. The fourth-order valence-electron chi connectivity index (χ4n) is 9.83. The van der Waals surface area contributed by atoms with Gasteiger partial charge in [-0.2, -0.15) is 0 Å². The van der Waals surface area contributed by atoms with Crippen molar-refractivity contribution in [2.45, 2.75) is 174 Å². The SMILES string of the molecule is CCCCCCCCCCC1(CCCCCCCCCC)c2cc(-c3cc(/C=C/c4ccncc4)c(C(C)C)cc3/C=C/c3ccncc3)ccc2-c2ccc(C(C)C)cc21. The van der Waals surface area contributed by atoms with Gasteiger partial charge in [0.05, 0.1) is 0 Å². The van der Waals surface area contributed by atoms with E-state index < -0.39 is 0 Å². The van der Waals surface area contributed by atoms with Gasteiger partial charge in [-0.05, 0) is 128 Å². The van der Waals surface area contributed by atoms with Gasteiger partial charge in [0.15, 0.2) is 0 Å². The van der Waals surface area contributed by atoms with Gasteiger partial charge >= 0.3 is 0 Å². The molecular formula is C59H76N2. The molecule has 0 spiro atoms. The van der Waals surface area contributed by atoms with E-state index in [1.54, 1.807) is 11.1 Å². The molecular weight excluding hydrogens is 737 g/mol. The first-order chi connectivity index (χ1) is 29.8. The number of nitrogens with zero attached hydrogens (tertiary/aromatic N) is 2. The highest BCUT2D eigenvalue weighted by Crippen LogP contribution is 2.56. The summed E-state index contributed by atoms with van der Waals surface area (Å²) in [6, 6.07) is 28.4. The monoisotopic (exact) mass is 813 g/mol. The van der Waals surface area contributed by atoms with Crippen LogP contribution in [0.2, 0.25) is 0 Å². The van der Waals surface area contributed by atoms with Crippen LogP contribution < -0.4 is 0 Å². The number of unbranched alkanes of at least 4 members (excludes halogenated alkanes) is 14. The maximum atomic E-state index is 4.29. The molecule has 2 heterocycles. The van der Waals surface area contributed by atoms with E-state index in [1.165, 1.54) is 160 Å². The number of aromatic nitrogens is 2. The van der Waals surface area contributed by atoms with Crippen LogP contribution in [0.15, 0.2) is 97.6 Å². The van der Waals surface area contributed by atoms with Crippen LogP contribution in [0, 0.1) is 0 Å². The van der Waals surface area contributed by atoms with Crippen LogP contribution in [0.3, 0.4) is 0 Å². The molecule has 322 valence electrons. The Kier molecular flexibility index (Phi) is 17.8. The van der Waals surface area contributed by atoms with Crippen LogP contribution in [0.1, 0.15) is 213 Å². The second-order valence-corrected chi connectivity index (χ2v) is 18.7. The van der Waals surface area contributed by atoms with Crippen LogP contribution in [-0.4, -0.2) is 9.97 Å². The molecule has 2 heteroatoms. The minimum absolute atomic E-state index is 0.0188. The zero-order chi connectivity index (χ0) is 42.9. The number of hydrogen-bond acceptors (Lipinski definition) is 2. The average Bonchev–Trinajstić information content (AvgIpc) is 3.55. The minimum atomic E-state index is 0.0188. The van der Waals surface area contributed by atoms with E-state index in [0.717, 1.165) is 11.1 Å². The molecule has 0 atom stereocenters. The van der Waals surface area contributed by atoms with E-state index in [0.29, 0.717) is 11.8 Å². The Morgan fingerprint density at radius 3 is 1.43 bits per heavy atom. The molecule has 0 radical (unpaired) electrons. The molecule has 0 fully saturated rings. The molecule has 0 aliphatic heterocycles. The van der Waals surface area contributed by atoms with Gasteiger partial charge in [0.2, 0.25) is 0 Å². The molecule has 0 N–H and O–H groups in total. The molecule has 0 unspecified atom stereocenters. The Balaban J connectivity index is 1.45. The first kappa shape index (κ1) is 46.0. The van der Waals surface area contributed by atoms with Crippen molar-refractivity contribution in [1.29, 1.82) is 0 Å². The Morgan fingerprint density at radius 1 is 0.443 bits per heavy atom. The summed E-state index contributed by atoms with van der Waals surface area (Å²) in [4.78, 5) is 8.55. The van der Waals surface area contributed by atoms with Gasteiger partial charge in [0.1, 0.15) is 0 Å². The normalized spacial score (nSPS) is 13.2. The summed E-state index contributed by atoms with van der Waals surface area (Å²) in [6.07, 6.45) is 40.7. The van der Waals surface area contributed by atoms with Crippen LogP contribution in [0.4, 0.5) is 0 Å². The van der Waals surface area contributed by atoms with Crippen molar-refractivity contribution in [1.82, 2.24) is 9.97 Å². The lowest BCUT2D eigenvalue weighted by Gasteiger charge is -2.34. The smallest absolute Gasteiger partial charge is 0.0273 e. The number of pyridine rings is 2. The Labute approximate surface area is 371 Å². The number of benzene rings is 3. The van der Waals surface area contributed by atoms with E-state index >= 15 is 0 Å². The molecule has 61 heavy (non-hydrogen) atoms. The van der Waals surface area contributed by atoms with E-state index in [-0.39, 0.29) is 5.41 Å². The maximum Gasteiger partial charge on any atom is 0.0273 e. The molecule has 3 aromatic carbocycles. The molecule has 0 saturated carbocycles. The molecule has 5 aromatic rings. The lowest BCUT2D eigenvalue weighted by Crippen LogP contribution is -2.26. The maximum absolute atomic E-state index is 4.29. The lowest BCUT2D eigenvalue weighted by molar-refractivity contribution is 0.397. The molecule has 0 amide bonds. The minimum Gasteiger partial charge on any atom is -0.265 e. The molecule has 2 nitrogen and oxygen atoms in total. The largest absolute Gasteiger partial charge is 0.265 e. The second kappa shape index (κ2) is 23.6. The summed E-state index contributed by atoms with van der Waals surface area (Å²) in [7, 11) is 0. The highest BCUT2D eigenvalue weighted by atomic mass is 14.6. The second-order valence-electron chi connectivity index (χ2n) is 18.7. The fourth-order valence-corrected chi connectivity index (χ4v) is 9.83. The standard InChI is InChI=1S/C59H76N2/c1-7-9-11-13-15-17-19-21-35-59(36-22-20-18-16-14-12-10-8-2)57-43-49(45(3)4)27-29-53(57)54-30-28-52(44-58(54)59)56-42-50(25-23-47-31-37-60-38-32-47)55(46(5)6)41-51(56)26-24-48-33-39-61-40-34-48/h23-34,37-46H,7-22,35-36H2,1-6H3/b25-23+,26-24+. The fraction of sp³-hybridized carbons (Fsp3) is 0.458. The lowest BCUT2D eigenvalue weighted by atomic mass is 9.69. The molecule has 6 rings (SSSR count). The number of hydrogen-bond donors (Lipinski definition) is 0. The van der Waals surface area contributed by atoms with Gasteiger partial charge in [-0.15, -0.1) is 0 Å². The van der Waals surface area contributed by atoms with Crippen molar-refractivity contribution in [3.63, 3.8) is 0 Å². The van der Waals surface area contributed by atoms with Crippen molar-refractivity contribution in [2.75, 3.05) is 0 Å². The van der Waals surface area contributed by atoms with Crippen molar-refractivity contribution < 1.29 is 0 Å². The van der Waals surface area contributed by atoms with Crippen molar-refractivity contribution in [3.05, 3.63) is 142 Å². The van der Waals surface area contributed by atoms with Gasteiger partial charge in [0.25, 0.3) is 0 Å². The van der Waals surface area contributed by atoms with Crippen LogP contribution in [0.25, 0.3) is 46.6 Å². The summed E-state index contributed by atoms with van der Waals surface area (Å²) in [6.45, 7) is 14.0. The number of fused-ring (bicyclic) bond motifs is 3. The topological polar surface area (TPSA) is 25.8 Å². The van der Waals surface area contributed by atoms with E-state index in [2.05, 4.69) is 149 Å². The van der Waals surface area contributed by atoms with E-state index in [9.17, 15) is 0 Å². The third-order valence-corrected chi connectivity index (χ3v) is 13.5. The molecule has 1 aliphatic rings. The zero-order valence-corrected chi connectivity index (χ0v) is 38.8. The first-order valence-electron chi connectivity index (χ1n) is 24.5. The predicted octanol–water partition coefficient (Wildman–Crippen LogP) is 18.1. The van der Waals surface area contributed by atoms with Crippen LogP contribution >= 0.6 is 0 Å². The van der Waals surface area contributed by atoms with Crippen LogP contribution in [-0.2, 0) is 5.41 Å². The predicted molar refractivity (Wildman–Crippen MR) is 267 cm³/mol. The summed E-state index contributed by atoms with van der Waals surface area (Å²) in [5, 5.41) is 0. The first-order valence-corrected chi connectivity index (χ1v) is 24.5. The summed E-state index contributed by atoms with van der Waals surface area (Å²) in [5.41, 5.74) is 16.4. The molecule has 0 saturated heterocycles. The third kappa shape index (κ3) is 12.3. The van der Waals surface area contributed by atoms with Gasteiger partial charge in [-0.25, -0.2) is 0 Å². The summed E-state index contributed by atoms with van der Waals surface area (Å²) >= 11 is 0. The van der Waals surface area contributed by atoms with Crippen molar-refractivity contribution in [2.24, 2.45) is 0 Å². The van der Waals surface area contributed by atoms with Gasteiger partial charge in [-0.1, -0.05) is 205 Å². The van der Waals surface area contributed by atoms with E-state index in [1.807, 2.05) is 24.8 Å². The average molecular weight is 813 g/mol. The Hall–Kier alpha value is -4.56. The highest BCUT2D eigenvalue weighted by Gasteiger charge is 2.42. The van der Waals surface area contributed by atoms with Gasteiger partial charge in [0, 0.05) is 30.2 Å². The van der Waals surface area contributed by atoms with Crippen molar-refractivity contribution >= 4 is 24.3 Å². The van der Waals surface area contributed by atoms with Gasteiger partial charge < -0.3 is 0 Å². The summed E-state index contributed by atoms with van der Waals surface area (Å²) in [5.74, 6) is 0.871. The molecule has 2 aromatic heterocycles. The third-order valence-electron chi connectivity index (χ3n) is 13.5. The molecule has 0 bridgehead atoms. The highest BCUT2D eigenvalue weighted by molar-refractivity contribution is 5.89. The Morgan fingerprint density at radius 2 is 0.918 bits per heavy atom.